The monoisotopic (exact) mass is 594 g/mol. The standard InChI is InChI=1S/C41H30N4O/c1-4-10-26(11-5-1)39-33-20-16-29(42-33)31-18-22-35(44-31)40(27-12-6-2-7-13-27)37-24-25-38(46-37)41(28-14-8-3-9-15-28)36-23-19-32(45-36)30-17-21-34(39)43-30/h1-16,18-20,22-25,42,44-45H,17,21H2. The zero-order valence-corrected chi connectivity index (χ0v) is 25.0. The molecule has 5 heteroatoms. The SMILES string of the molecule is c1ccc(-c2c3nc(c4ccc([nH]4)c(-c4ccccc4)c4ccc(o4)c(-c4ccccc4)c4ccc([nH]4)c4ccc2[nH]4)CC3)cc1. The van der Waals surface area contributed by atoms with Crippen molar-refractivity contribution >= 4 is 44.3 Å². The molecule has 1 aliphatic heterocycles. The predicted molar refractivity (Wildman–Crippen MR) is 189 cm³/mol. The van der Waals surface area contributed by atoms with Crippen molar-refractivity contribution in [1.29, 1.82) is 0 Å². The highest BCUT2D eigenvalue weighted by Crippen LogP contribution is 2.36. The Kier molecular flexibility index (Phi) is 6.20. The number of furan rings is 1. The minimum atomic E-state index is 0.794. The Labute approximate surface area is 265 Å². The highest BCUT2D eigenvalue weighted by Gasteiger charge is 2.17. The van der Waals surface area contributed by atoms with Crippen LogP contribution < -0.4 is 0 Å². The number of hydrogen-bond donors (Lipinski definition) is 3. The van der Waals surface area contributed by atoms with E-state index in [1.165, 1.54) is 0 Å². The Morgan fingerprint density at radius 3 is 1.28 bits per heavy atom. The maximum absolute atomic E-state index is 6.79. The maximum Gasteiger partial charge on any atom is 0.137 e. The molecule has 3 N–H and O–H groups in total. The van der Waals surface area contributed by atoms with Crippen LogP contribution in [0, 0.1) is 0 Å². The topological polar surface area (TPSA) is 73.4 Å². The van der Waals surface area contributed by atoms with E-state index in [0.29, 0.717) is 0 Å². The van der Waals surface area contributed by atoms with Crippen LogP contribution in [0.4, 0.5) is 0 Å². The zero-order chi connectivity index (χ0) is 30.5. The fourth-order valence-electron chi connectivity index (χ4n) is 6.75. The number of rotatable bonds is 3. The molecule has 8 aromatic rings. The normalized spacial score (nSPS) is 12.2. The molecular weight excluding hydrogens is 564 g/mol. The summed E-state index contributed by atoms with van der Waals surface area (Å²) in [7, 11) is 0. The second-order valence-corrected chi connectivity index (χ2v) is 11.7. The number of aromatic nitrogens is 4. The van der Waals surface area contributed by atoms with E-state index < -0.39 is 0 Å². The Morgan fingerprint density at radius 1 is 0.370 bits per heavy atom. The first-order valence-electron chi connectivity index (χ1n) is 15.7. The Morgan fingerprint density at radius 2 is 0.761 bits per heavy atom. The Balaban J connectivity index is 1.45. The van der Waals surface area contributed by atoms with E-state index in [9.17, 15) is 0 Å². The number of nitrogens with zero attached hydrogens (tertiary/aromatic N) is 1. The van der Waals surface area contributed by atoms with Crippen LogP contribution in [-0.4, -0.2) is 19.9 Å². The van der Waals surface area contributed by atoms with Gasteiger partial charge in [0.05, 0.1) is 39.0 Å². The molecule has 0 fully saturated rings. The van der Waals surface area contributed by atoms with Crippen LogP contribution in [0.1, 0.15) is 11.4 Å². The molecule has 220 valence electrons. The summed E-state index contributed by atoms with van der Waals surface area (Å²) in [5, 5.41) is 0. The summed E-state index contributed by atoms with van der Waals surface area (Å²) in [6.45, 7) is 0. The summed E-state index contributed by atoms with van der Waals surface area (Å²) in [6.07, 6.45) is 1.72. The predicted octanol–water partition coefficient (Wildman–Crippen LogP) is 10.6. The summed E-state index contributed by atoms with van der Waals surface area (Å²) in [6, 6.07) is 48.5. The number of nitrogens with one attached hydrogen (secondary N) is 3. The van der Waals surface area contributed by atoms with E-state index in [1.54, 1.807) is 0 Å². The summed E-state index contributed by atoms with van der Waals surface area (Å²) >= 11 is 0. The van der Waals surface area contributed by atoms with Crippen molar-refractivity contribution in [2.75, 3.05) is 0 Å². The van der Waals surface area contributed by atoms with Gasteiger partial charge in [-0.1, -0.05) is 91.0 Å². The lowest BCUT2D eigenvalue weighted by molar-refractivity contribution is 0.668. The van der Waals surface area contributed by atoms with E-state index in [-0.39, 0.29) is 0 Å². The van der Waals surface area contributed by atoms with E-state index in [0.717, 1.165) is 102 Å². The quantitative estimate of drug-likeness (QED) is 0.190. The third-order valence-corrected chi connectivity index (χ3v) is 8.91. The van der Waals surface area contributed by atoms with Crippen LogP contribution in [0.5, 0.6) is 0 Å². The smallest absolute Gasteiger partial charge is 0.137 e. The average molecular weight is 595 g/mol. The molecule has 0 saturated heterocycles. The van der Waals surface area contributed by atoms with Crippen LogP contribution in [0.15, 0.2) is 144 Å². The first-order chi connectivity index (χ1) is 22.8. The minimum absolute atomic E-state index is 0.794. The van der Waals surface area contributed by atoms with E-state index in [4.69, 9.17) is 9.40 Å². The largest absolute Gasteiger partial charge is 0.456 e. The van der Waals surface area contributed by atoms with Gasteiger partial charge in [0, 0.05) is 22.2 Å². The van der Waals surface area contributed by atoms with E-state index in [1.807, 2.05) is 12.1 Å². The van der Waals surface area contributed by atoms with Crippen LogP contribution in [0.3, 0.4) is 0 Å². The number of hydrogen-bond acceptors (Lipinski definition) is 2. The molecule has 0 aliphatic carbocycles. The minimum Gasteiger partial charge on any atom is -0.456 e. The van der Waals surface area contributed by atoms with Crippen molar-refractivity contribution < 1.29 is 4.42 Å². The van der Waals surface area contributed by atoms with Crippen LogP contribution in [-0.2, 0) is 12.8 Å². The molecular formula is C41H30N4O. The fourth-order valence-corrected chi connectivity index (χ4v) is 6.75. The maximum atomic E-state index is 6.79. The van der Waals surface area contributed by atoms with Gasteiger partial charge in [0.25, 0.3) is 0 Å². The Bertz CT molecular complexity index is 2520. The third-order valence-electron chi connectivity index (χ3n) is 8.91. The molecule has 10 bridgehead atoms. The van der Waals surface area contributed by atoms with E-state index >= 15 is 0 Å². The number of fused-ring (bicyclic) bond motifs is 12. The van der Waals surface area contributed by atoms with Gasteiger partial charge in [-0.2, -0.15) is 0 Å². The molecule has 0 amide bonds. The van der Waals surface area contributed by atoms with Crippen molar-refractivity contribution in [2.45, 2.75) is 12.8 Å². The second-order valence-electron chi connectivity index (χ2n) is 11.7. The number of aryl methyl sites for hydroxylation is 2. The van der Waals surface area contributed by atoms with Gasteiger partial charge >= 0.3 is 0 Å². The van der Waals surface area contributed by atoms with Gasteiger partial charge < -0.3 is 19.4 Å². The molecule has 0 atom stereocenters. The van der Waals surface area contributed by atoms with Crippen molar-refractivity contribution in [3.05, 3.63) is 151 Å². The lowest BCUT2D eigenvalue weighted by Crippen LogP contribution is -1.87. The lowest BCUT2D eigenvalue weighted by Gasteiger charge is -2.04. The van der Waals surface area contributed by atoms with Crippen molar-refractivity contribution in [1.82, 2.24) is 19.9 Å². The lowest BCUT2D eigenvalue weighted by atomic mass is 10.0. The van der Waals surface area contributed by atoms with Gasteiger partial charge in [-0.15, -0.1) is 0 Å². The first-order valence-corrected chi connectivity index (χ1v) is 15.7. The summed E-state index contributed by atoms with van der Waals surface area (Å²) in [5.74, 6) is 0. The van der Waals surface area contributed by atoms with Gasteiger partial charge in [0.1, 0.15) is 11.2 Å². The van der Waals surface area contributed by atoms with Gasteiger partial charge in [-0.3, -0.25) is 4.98 Å². The number of aromatic amines is 3. The molecule has 5 nitrogen and oxygen atoms in total. The number of benzene rings is 3. The molecule has 9 rings (SSSR count). The van der Waals surface area contributed by atoms with Crippen LogP contribution in [0.2, 0.25) is 0 Å². The van der Waals surface area contributed by atoms with E-state index in [2.05, 4.69) is 142 Å². The molecule has 5 aromatic heterocycles. The first kappa shape index (κ1) is 26.3. The molecule has 1 aliphatic rings. The van der Waals surface area contributed by atoms with Crippen molar-refractivity contribution in [2.24, 2.45) is 0 Å². The average Bonchev–Trinajstić information content (AvgIpc) is 3.94. The molecule has 0 spiro atoms. The molecule has 0 saturated carbocycles. The molecule has 0 unspecified atom stereocenters. The molecule has 0 radical (unpaired) electrons. The summed E-state index contributed by atoms with van der Waals surface area (Å²) in [5.41, 5.74) is 16.3. The van der Waals surface area contributed by atoms with Crippen molar-refractivity contribution in [3.8, 4) is 33.4 Å². The van der Waals surface area contributed by atoms with Crippen molar-refractivity contribution in [3.63, 3.8) is 0 Å². The number of H-pyrrole nitrogens is 3. The van der Waals surface area contributed by atoms with Gasteiger partial charge in [0.2, 0.25) is 0 Å². The fraction of sp³-hybridized carbons (Fsp3) is 0.0488. The third kappa shape index (κ3) is 4.52. The second kappa shape index (κ2) is 10.8. The molecule has 3 aromatic carbocycles. The summed E-state index contributed by atoms with van der Waals surface area (Å²) in [4.78, 5) is 16.4. The van der Waals surface area contributed by atoms with Crippen LogP contribution in [0.25, 0.3) is 77.6 Å². The van der Waals surface area contributed by atoms with Crippen LogP contribution >= 0.6 is 0 Å². The molecule has 6 heterocycles. The summed E-state index contributed by atoms with van der Waals surface area (Å²) < 4.78 is 6.79. The Hall–Kier alpha value is -6.07. The highest BCUT2D eigenvalue weighted by molar-refractivity contribution is 5.97. The van der Waals surface area contributed by atoms with Gasteiger partial charge in [-0.25, -0.2) is 0 Å². The zero-order valence-electron chi connectivity index (χ0n) is 25.0. The van der Waals surface area contributed by atoms with Gasteiger partial charge in [-0.05, 0) is 78.1 Å². The molecule has 46 heavy (non-hydrogen) atoms. The van der Waals surface area contributed by atoms with Gasteiger partial charge in [0.15, 0.2) is 0 Å². The highest BCUT2D eigenvalue weighted by atomic mass is 16.3.